The van der Waals surface area contributed by atoms with Gasteiger partial charge in [0.1, 0.15) is 11.4 Å². The predicted molar refractivity (Wildman–Crippen MR) is 115 cm³/mol. The number of esters is 1. The summed E-state index contributed by atoms with van der Waals surface area (Å²) in [6, 6.07) is 16.1. The summed E-state index contributed by atoms with van der Waals surface area (Å²) in [4.78, 5) is 38.0. The van der Waals surface area contributed by atoms with Gasteiger partial charge in [0.25, 0.3) is 5.56 Å². The number of nitrogens with zero attached hydrogens (tertiary/aromatic N) is 2. The number of aryl methyl sites for hydroxylation is 1. The van der Waals surface area contributed by atoms with Crippen LogP contribution in [0.15, 0.2) is 71.2 Å². The summed E-state index contributed by atoms with van der Waals surface area (Å²) in [6.45, 7) is 3.67. The van der Waals surface area contributed by atoms with E-state index in [1.165, 1.54) is 11.8 Å². The summed E-state index contributed by atoms with van der Waals surface area (Å²) in [6.07, 6.45) is 1.15. The molecule has 7 nitrogen and oxygen atoms in total. The summed E-state index contributed by atoms with van der Waals surface area (Å²) >= 11 is 0. The highest BCUT2D eigenvalue weighted by Crippen LogP contribution is 2.17. The molecule has 1 heterocycles. The first-order chi connectivity index (χ1) is 14.3. The van der Waals surface area contributed by atoms with Crippen LogP contribution in [-0.4, -0.2) is 28.2 Å². The number of carbonyl (C=O) groups excluding carboxylic acids is 2. The number of rotatable bonds is 6. The van der Waals surface area contributed by atoms with Crippen molar-refractivity contribution in [1.29, 1.82) is 0 Å². The molecule has 0 atom stereocenters. The Labute approximate surface area is 174 Å². The summed E-state index contributed by atoms with van der Waals surface area (Å²) < 4.78 is 7.96. The van der Waals surface area contributed by atoms with Crippen molar-refractivity contribution < 1.29 is 14.3 Å². The van der Waals surface area contributed by atoms with Gasteiger partial charge in [-0.2, -0.15) is 0 Å². The van der Waals surface area contributed by atoms with Gasteiger partial charge in [-0.25, -0.2) is 9.48 Å². The Kier molecular flexibility index (Phi) is 6.01. The van der Waals surface area contributed by atoms with Crippen molar-refractivity contribution in [3.63, 3.8) is 0 Å². The monoisotopic (exact) mass is 405 g/mol. The van der Waals surface area contributed by atoms with Gasteiger partial charge in [-0.3, -0.25) is 14.3 Å². The molecule has 1 aromatic heterocycles. The van der Waals surface area contributed by atoms with Crippen LogP contribution in [0.3, 0.4) is 0 Å². The molecule has 1 N–H and O–H groups in total. The topological polar surface area (TPSA) is 82.3 Å². The molecule has 0 saturated carbocycles. The van der Waals surface area contributed by atoms with Gasteiger partial charge in [0.2, 0.25) is 0 Å². The first-order valence-electron chi connectivity index (χ1n) is 9.35. The van der Waals surface area contributed by atoms with E-state index in [1.807, 2.05) is 49.4 Å². The zero-order chi connectivity index (χ0) is 21.8. The standard InChI is InChI=1S/C23H23N3O4/c1-15-10-12-17(13-11-15)20(27)14-19(23(29)30-4)24-21-16(2)25(3)26(22(21)28)18-8-6-5-7-9-18/h5-14,24H,1-4H3/b19-14+. The highest BCUT2D eigenvalue weighted by Gasteiger charge is 2.21. The fourth-order valence-electron chi connectivity index (χ4n) is 3.04. The quantitative estimate of drug-likeness (QED) is 0.387. The van der Waals surface area contributed by atoms with Crippen LogP contribution in [0.5, 0.6) is 0 Å². The first-order valence-corrected chi connectivity index (χ1v) is 9.35. The molecular formula is C23H23N3O4. The van der Waals surface area contributed by atoms with Gasteiger partial charge in [-0.1, -0.05) is 48.0 Å². The van der Waals surface area contributed by atoms with Crippen molar-refractivity contribution in [1.82, 2.24) is 9.36 Å². The number of ether oxygens (including phenoxy) is 1. The molecule has 0 amide bonds. The number of carbonyl (C=O) groups is 2. The van der Waals surface area contributed by atoms with Crippen LogP contribution >= 0.6 is 0 Å². The minimum atomic E-state index is -0.746. The van der Waals surface area contributed by atoms with Crippen LogP contribution in [0.1, 0.15) is 21.6 Å². The molecule has 2 aromatic carbocycles. The van der Waals surface area contributed by atoms with Crippen molar-refractivity contribution in [2.24, 2.45) is 7.05 Å². The number of para-hydroxylation sites is 1. The Morgan fingerprint density at radius 1 is 1.00 bits per heavy atom. The number of allylic oxidation sites excluding steroid dienone is 1. The molecule has 0 fully saturated rings. The van der Waals surface area contributed by atoms with Crippen LogP contribution < -0.4 is 10.9 Å². The van der Waals surface area contributed by atoms with Crippen molar-refractivity contribution in [2.45, 2.75) is 13.8 Å². The number of methoxy groups -OCH3 is 1. The molecule has 0 aliphatic heterocycles. The zero-order valence-corrected chi connectivity index (χ0v) is 17.3. The van der Waals surface area contributed by atoms with E-state index in [0.29, 0.717) is 16.9 Å². The molecule has 0 spiro atoms. The van der Waals surface area contributed by atoms with Crippen molar-refractivity contribution >= 4 is 17.4 Å². The minimum absolute atomic E-state index is 0.117. The summed E-state index contributed by atoms with van der Waals surface area (Å²) in [5.41, 5.74) is 2.45. The summed E-state index contributed by atoms with van der Waals surface area (Å²) in [7, 11) is 2.96. The highest BCUT2D eigenvalue weighted by atomic mass is 16.5. The fraction of sp³-hybridized carbons (Fsp3) is 0.174. The van der Waals surface area contributed by atoms with Crippen molar-refractivity contribution in [3.8, 4) is 5.69 Å². The van der Waals surface area contributed by atoms with E-state index < -0.39 is 5.97 Å². The van der Waals surface area contributed by atoms with Crippen molar-refractivity contribution in [3.05, 3.63) is 93.5 Å². The Morgan fingerprint density at radius 2 is 1.63 bits per heavy atom. The van der Waals surface area contributed by atoms with Crippen LogP contribution in [0.2, 0.25) is 0 Å². The summed E-state index contributed by atoms with van der Waals surface area (Å²) in [5, 5.41) is 2.82. The predicted octanol–water partition coefficient (Wildman–Crippen LogP) is 3.14. The molecule has 0 radical (unpaired) electrons. The molecule has 0 aliphatic carbocycles. The van der Waals surface area contributed by atoms with Gasteiger partial charge in [0.15, 0.2) is 5.78 Å². The smallest absolute Gasteiger partial charge is 0.354 e. The number of aromatic nitrogens is 2. The molecule has 3 rings (SSSR count). The second-order valence-electron chi connectivity index (χ2n) is 6.84. The van der Waals surface area contributed by atoms with Crippen LogP contribution in [0.4, 0.5) is 5.69 Å². The summed E-state index contributed by atoms with van der Waals surface area (Å²) in [5.74, 6) is -1.12. The number of anilines is 1. The van der Waals surface area contributed by atoms with Gasteiger partial charge < -0.3 is 10.1 Å². The number of hydrogen-bond acceptors (Lipinski definition) is 5. The molecule has 3 aromatic rings. The molecule has 0 aliphatic rings. The maximum atomic E-state index is 13.1. The third-order valence-electron chi connectivity index (χ3n) is 4.83. The lowest BCUT2D eigenvalue weighted by Crippen LogP contribution is -2.22. The lowest BCUT2D eigenvalue weighted by Gasteiger charge is -2.08. The molecule has 0 unspecified atom stereocenters. The van der Waals surface area contributed by atoms with E-state index in [2.05, 4.69) is 5.32 Å². The SMILES string of the molecule is COC(=O)/C(=C\C(=O)c1ccc(C)cc1)Nc1c(C)n(C)n(-c2ccccc2)c1=O. The molecule has 154 valence electrons. The second-order valence-corrected chi connectivity index (χ2v) is 6.84. The maximum absolute atomic E-state index is 13.1. The van der Waals surface area contributed by atoms with Gasteiger partial charge in [0, 0.05) is 18.7 Å². The Balaban J connectivity index is 2.02. The fourth-order valence-corrected chi connectivity index (χ4v) is 3.04. The molecule has 0 saturated heterocycles. The Bertz CT molecular complexity index is 1170. The van der Waals surface area contributed by atoms with Gasteiger partial charge >= 0.3 is 5.97 Å². The molecular weight excluding hydrogens is 382 g/mol. The van der Waals surface area contributed by atoms with E-state index in [-0.39, 0.29) is 22.7 Å². The highest BCUT2D eigenvalue weighted by molar-refractivity contribution is 6.09. The molecule has 0 bridgehead atoms. The normalized spacial score (nSPS) is 11.3. The lowest BCUT2D eigenvalue weighted by molar-refractivity contribution is -0.135. The van der Waals surface area contributed by atoms with Crippen molar-refractivity contribution in [2.75, 3.05) is 12.4 Å². The average Bonchev–Trinajstić information content (AvgIpc) is 2.96. The number of hydrogen-bond donors (Lipinski definition) is 1. The Hall–Kier alpha value is -3.87. The second kappa shape index (κ2) is 8.65. The average molecular weight is 405 g/mol. The van der Waals surface area contributed by atoms with Gasteiger partial charge in [0.05, 0.1) is 18.5 Å². The van der Waals surface area contributed by atoms with E-state index in [0.717, 1.165) is 11.6 Å². The van der Waals surface area contributed by atoms with E-state index in [9.17, 15) is 14.4 Å². The van der Waals surface area contributed by atoms with E-state index in [1.54, 1.807) is 30.8 Å². The van der Waals surface area contributed by atoms with Gasteiger partial charge in [-0.05, 0) is 26.0 Å². The van der Waals surface area contributed by atoms with E-state index >= 15 is 0 Å². The minimum Gasteiger partial charge on any atom is -0.464 e. The zero-order valence-electron chi connectivity index (χ0n) is 17.3. The number of benzene rings is 2. The van der Waals surface area contributed by atoms with Crippen LogP contribution in [-0.2, 0) is 16.6 Å². The van der Waals surface area contributed by atoms with Gasteiger partial charge in [-0.15, -0.1) is 0 Å². The first kappa shape index (κ1) is 20.9. The molecule has 7 heteroatoms. The number of nitrogens with one attached hydrogen (secondary N) is 1. The maximum Gasteiger partial charge on any atom is 0.354 e. The Morgan fingerprint density at radius 3 is 2.23 bits per heavy atom. The largest absolute Gasteiger partial charge is 0.464 e. The van der Waals surface area contributed by atoms with Crippen LogP contribution in [0.25, 0.3) is 5.69 Å². The lowest BCUT2D eigenvalue weighted by atomic mass is 10.1. The number of ketones is 1. The van der Waals surface area contributed by atoms with Crippen LogP contribution in [0, 0.1) is 13.8 Å². The third kappa shape index (κ3) is 4.10. The van der Waals surface area contributed by atoms with E-state index in [4.69, 9.17) is 4.74 Å². The molecule has 30 heavy (non-hydrogen) atoms. The third-order valence-corrected chi connectivity index (χ3v) is 4.83.